The van der Waals surface area contributed by atoms with Gasteiger partial charge < -0.3 is 13.8 Å². The summed E-state index contributed by atoms with van der Waals surface area (Å²) in [5.74, 6) is 0.599. The van der Waals surface area contributed by atoms with E-state index < -0.39 is 0 Å². The highest BCUT2D eigenvalue weighted by Gasteiger charge is 2.22. The lowest BCUT2D eigenvalue weighted by molar-refractivity contribution is 0.102. The Labute approximate surface area is 139 Å². The van der Waals surface area contributed by atoms with Crippen LogP contribution in [0.5, 0.6) is 0 Å². The van der Waals surface area contributed by atoms with Gasteiger partial charge >= 0.3 is 0 Å². The molecule has 0 unspecified atom stereocenters. The summed E-state index contributed by atoms with van der Waals surface area (Å²) >= 11 is 0. The Bertz CT molecular complexity index is 846. The second-order valence-corrected chi connectivity index (χ2v) is 6.31. The number of benzene rings is 1. The van der Waals surface area contributed by atoms with E-state index in [-0.39, 0.29) is 5.91 Å². The van der Waals surface area contributed by atoms with Crippen molar-refractivity contribution < 1.29 is 13.7 Å². The Morgan fingerprint density at radius 3 is 2.88 bits per heavy atom. The smallest absolute Gasteiger partial charge is 0.258 e. The SMILES string of the molecule is CN1CCC(c2coc3ccc(C(=O)Nc4ccno4)cc23)CC1. The number of rotatable bonds is 3. The van der Waals surface area contributed by atoms with Crippen LogP contribution >= 0.6 is 0 Å². The molecule has 0 saturated carbocycles. The van der Waals surface area contributed by atoms with Gasteiger partial charge in [-0.05, 0) is 57.1 Å². The van der Waals surface area contributed by atoms with E-state index in [1.54, 1.807) is 12.1 Å². The number of nitrogens with one attached hydrogen (secondary N) is 1. The van der Waals surface area contributed by atoms with Gasteiger partial charge in [-0.1, -0.05) is 5.16 Å². The van der Waals surface area contributed by atoms with Gasteiger partial charge in [0.05, 0.1) is 12.5 Å². The molecular weight excluding hydrogens is 306 g/mol. The normalized spacial score (nSPS) is 16.5. The zero-order valence-corrected chi connectivity index (χ0v) is 13.5. The van der Waals surface area contributed by atoms with Crippen molar-refractivity contribution in [1.82, 2.24) is 10.1 Å². The van der Waals surface area contributed by atoms with Gasteiger partial charge in [0.15, 0.2) is 0 Å². The topological polar surface area (TPSA) is 71.5 Å². The predicted octanol–water partition coefficient (Wildman–Crippen LogP) is 3.48. The molecule has 0 bridgehead atoms. The van der Waals surface area contributed by atoms with Gasteiger partial charge in [-0.25, -0.2) is 0 Å². The molecule has 24 heavy (non-hydrogen) atoms. The summed E-state index contributed by atoms with van der Waals surface area (Å²) in [6.45, 7) is 2.17. The average molecular weight is 325 g/mol. The van der Waals surface area contributed by atoms with Gasteiger partial charge in [0.1, 0.15) is 5.58 Å². The summed E-state index contributed by atoms with van der Waals surface area (Å²) in [5.41, 5.74) is 2.60. The molecule has 3 aromatic rings. The van der Waals surface area contributed by atoms with Crippen LogP contribution in [0.4, 0.5) is 5.88 Å². The minimum atomic E-state index is -0.218. The molecule has 1 amide bonds. The fourth-order valence-electron chi connectivity index (χ4n) is 3.29. The summed E-state index contributed by atoms with van der Waals surface area (Å²) in [6, 6.07) is 7.12. The Hall–Kier alpha value is -2.60. The quantitative estimate of drug-likeness (QED) is 0.798. The fourth-order valence-corrected chi connectivity index (χ4v) is 3.29. The van der Waals surface area contributed by atoms with E-state index in [9.17, 15) is 4.79 Å². The highest BCUT2D eigenvalue weighted by molar-refractivity contribution is 6.05. The lowest BCUT2D eigenvalue weighted by Gasteiger charge is -2.28. The molecule has 0 atom stereocenters. The summed E-state index contributed by atoms with van der Waals surface area (Å²) in [5, 5.41) is 7.30. The number of anilines is 1. The van der Waals surface area contributed by atoms with Crippen molar-refractivity contribution >= 4 is 22.8 Å². The Kier molecular flexibility index (Phi) is 3.82. The minimum Gasteiger partial charge on any atom is -0.464 e. The lowest BCUT2D eigenvalue weighted by atomic mass is 9.89. The van der Waals surface area contributed by atoms with E-state index in [2.05, 4.69) is 22.4 Å². The summed E-state index contributed by atoms with van der Waals surface area (Å²) in [4.78, 5) is 14.7. The van der Waals surface area contributed by atoms with Crippen molar-refractivity contribution in [3.05, 3.63) is 47.9 Å². The van der Waals surface area contributed by atoms with Gasteiger partial charge in [-0.3, -0.25) is 10.1 Å². The van der Waals surface area contributed by atoms with Crippen molar-refractivity contribution in [3.8, 4) is 0 Å². The monoisotopic (exact) mass is 325 g/mol. The molecule has 1 fully saturated rings. The van der Waals surface area contributed by atoms with Crippen molar-refractivity contribution in [1.29, 1.82) is 0 Å². The Morgan fingerprint density at radius 1 is 1.29 bits per heavy atom. The molecule has 3 heterocycles. The molecule has 0 aliphatic carbocycles. The van der Waals surface area contributed by atoms with E-state index in [1.165, 1.54) is 11.8 Å². The molecule has 1 saturated heterocycles. The Balaban J connectivity index is 1.62. The molecule has 1 aliphatic rings. The number of carbonyl (C=O) groups excluding carboxylic acids is 1. The maximum atomic E-state index is 12.4. The molecule has 0 radical (unpaired) electrons. The first-order chi connectivity index (χ1) is 11.7. The number of amides is 1. The molecule has 6 heteroatoms. The molecule has 1 N–H and O–H groups in total. The number of piperidine rings is 1. The van der Waals surface area contributed by atoms with E-state index in [0.29, 0.717) is 17.4 Å². The standard InChI is InChI=1S/C18H19N3O3/c1-21-8-5-12(6-9-21)15-11-23-16-3-2-13(10-14(15)16)18(22)20-17-4-7-19-24-17/h2-4,7,10-12H,5-6,8-9H2,1H3,(H,20,22). The first-order valence-electron chi connectivity index (χ1n) is 8.12. The van der Waals surface area contributed by atoms with Crippen LogP contribution in [0, 0.1) is 0 Å². The Morgan fingerprint density at radius 2 is 2.12 bits per heavy atom. The molecule has 6 nitrogen and oxygen atoms in total. The van der Waals surface area contributed by atoms with Crippen LogP contribution in [-0.2, 0) is 0 Å². The number of hydrogen-bond donors (Lipinski definition) is 1. The third-order valence-corrected chi connectivity index (χ3v) is 4.70. The van der Waals surface area contributed by atoms with E-state index in [0.717, 1.165) is 36.9 Å². The van der Waals surface area contributed by atoms with Crippen molar-refractivity contribution in [2.45, 2.75) is 18.8 Å². The largest absolute Gasteiger partial charge is 0.464 e. The van der Waals surface area contributed by atoms with Crippen LogP contribution in [0.25, 0.3) is 11.0 Å². The second-order valence-electron chi connectivity index (χ2n) is 6.31. The zero-order chi connectivity index (χ0) is 16.5. The van der Waals surface area contributed by atoms with Crippen LogP contribution in [0.1, 0.15) is 34.7 Å². The first kappa shape index (κ1) is 15.0. The summed E-state index contributed by atoms with van der Waals surface area (Å²) in [6.07, 6.45) is 5.56. The van der Waals surface area contributed by atoms with Gasteiger partial charge in [0, 0.05) is 22.6 Å². The van der Waals surface area contributed by atoms with Crippen molar-refractivity contribution in [2.24, 2.45) is 0 Å². The zero-order valence-electron chi connectivity index (χ0n) is 13.5. The summed E-state index contributed by atoms with van der Waals surface area (Å²) in [7, 11) is 2.15. The average Bonchev–Trinajstić information content (AvgIpc) is 3.24. The van der Waals surface area contributed by atoms with E-state index in [1.807, 2.05) is 18.4 Å². The van der Waals surface area contributed by atoms with Gasteiger partial charge in [-0.15, -0.1) is 0 Å². The second kappa shape index (κ2) is 6.13. The number of hydrogen-bond acceptors (Lipinski definition) is 5. The van der Waals surface area contributed by atoms with Crippen LogP contribution < -0.4 is 5.32 Å². The van der Waals surface area contributed by atoms with Gasteiger partial charge in [-0.2, -0.15) is 0 Å². The van der Waals surface area contributed by atoms with E-state index in [4.69, 9.17) is 8.94 Å². The number of nitrogens with zero attached hydrogens (tertiary/aromatic N) is 2. The summed E-state index contributed by atoms with van der Waals surface area (Å²) < 4.78 is 10.6. The van der Waals surface area contributed by atoms with Gasteiger partial charge in [0.2, 0.25) is 5.88 Å². The fraction of sp³-hybridized carbons (Fsp3) is 0.333. The molecular formula is C18H19N3O3. The van der Waals surface area contributed by atoms with Crippen LogP contribution in [0.3, 0.4) is 0 Å². The predicted molar refractivity (Wildman–Crippen MR) is 90.1 cm³/mol. The number of fused-ring (bicyclic) bond motifs is 1. The molecule has 1 aromatic carbocycles. The van der Waals surface area contributed by atoms with Crippen LogP contribution in [0.15, 0.2) is 45.7 Å². The number of furan rings is 1. The van der Waals surface area contributed by atoms with E-state index >= 15 is 0 Å². The molecule has 1 aliphatic heterocycles. The third-order valence-electron chi connectivity index (χ3n) is 4.70. The van der Waals surface area contributed by atoms with Crippen LogP contribution in [-0.4, -0.2) is 36.1 Å². The number of likely N-dealkylation sites (tertiary alicyclic amines) is 1. The molecule has 0 spiro atoms. The lowest BCUT2D eigenvalue weighted by Crippen LogP contribution is -2.29. The van der Waals surface area contributed by atoms with Crippen molar-refractivity contribution in [3.63, 3.8) is 0 Å². The highest BCUT2D eigenvalue weighted by Crippen LogP contribution is 2.34. The molecule has 4 rings (SSSR count). The molecule has 124 valence electrons. The number of carbonyl (C=O) groups is 1. The third kappa shape index (κ3) is 2.80. The van der Waals surface area contributed by atoms with Crippen molar-refractivity contribution in [2.75, 3.05) is 25.5 Å². The molecule has 2 aromatic heterocycles. The first-order valence-corrected chi connectivity index (χ1v) is 8.12. The van der Waals surface area contributed by atoms with Crippen LogP contribution in [0.2, 0.25) is 0 Å². The highest BCUT2D eigenvalue weighted by atomic mass is 16.5. The maximum Gasteiger partial charge on any atom is 0.258 e. The van der Waals surface area contributed by atoms with Gasteiger partial charge in [0.25, 0.3) is 5.91 Å². The minimum absolute atomic E-state index is 0.218. The number of aromatic nitrogens is 1. The maximum absolute atomic E-state index is 12.4.